The summed E-state index contributed by atoms with van der Waals surface area (Å²) in [5.74, 6) is -0.671. The van der Waals surface area contributed by atoms with E-state index in [1.54, 1.807) is 35.8 Å². The fraction of sp³-hybridized carbons (Fsp3) is 0.357. The number of imidazole rings is 1. The average Bonchev–Trinajstić information content (AvgIpc) is 3.51. The summed E-state index contributed by atoms with van der Waals surface area (Å²) < 4.78 is 33.7. The molecular weight excluding hydrogens is 562 g/mol. The van der Waals surface area contributed by atoms with Gasteiger partial charge in [0.15, 0.2) is 22.7 Å². The second-order valence-electron chi connectivity index (χ2n) is 10.0. The fourth-order valence-electron chi connectivity index (χ4n) is 4.23. The third-order valence-corrected chi connectivity index (χ3v) is 7.37. The van der Waals surface area contributed by atoms with Gasteiger partial charge in [-0.3, -0.25) is 4.79 Å². The number of halogens is 3. The SMILES string of the molecule is COc1c(F)cc(Cl)cc1Cn1c(-c2ccc(OCC[C@@H](C)C(=O)O)cc2Cl)nc2c(OC3(C)CC3)ncnc21. The van der Waals surface area contributed by atoms with Gasteiger partial charge in [0.25, 0.3) is 0 Å². The van der Waals surface area contributed by atoms with Gasteiger partial charge in [-0.05, 0) is 56.5 Å². The number of nitrogens with zero attached hydrogens (tertiary/aromatic N) is 4. The van der Waals surface area contributed by atoms with Crippen molar-refractivity contribution in [2.24, 2.45) is 5.92 Å². The fourth-order valence-corrected chi connectivity index (χ4v) is 4.71. The van der Waals surface area contributed by atoms with Crippen LogP contribution in [0.15, 0.2) is 36.7 Å². The van der Waals surface area contributed by atoms with Gasteiger partial charge in [0, 0.05) is 16.1 Å². The maximum Gasteiger partial charge on any atom is 0.306 e. The Hall–Kier alpha value is -3.63. The molecule has 210 valence electrons. The van der Waals surface area contributed by atoms with E-state index in [-0.39, 0.29) is 29.5 Å². The number of carboxylic acid groups (broad SMARTS) is 1. The number of fused-ring (bicyclic) bond motifs is 1. The van der Waals surface area contributed by atoms with Crippen LogP contribution in [0.3, 0.4) is 0 Å². The molecule has 0 amide bonds. The molecule has 1 saturated carbocycles. The van der Waals surface area contributed by atoms with Crippen LogP contribution in [0.4, 0.5) is 4.39 Å². The van der Waals surface area contributed by atoms with E-state index in [0.29, 0.717) is 51.2 Å². The van der Waals surface area contributed by atoms with Gasteiger partial charge in [0.2, 0.25) is 5.88 Å². The van der Waals surface area contributed by atoms with Crippen LogP contribution >= 0.6 is 23.2 Å². The molecular formula is C28H27Cl2FN4O5. The van der Waals surface area contributed by atoms with Crippen molar-refractivity contribution in [3.8, 4) is 28.8 Å². The Kier molecular flexibility index (Phi) is 7.74. The van der Waals surface area contributed by atoms with E-state index in [1.165, 1.54) is 19.5 Å². The molecule has 9 nitrogen and oxygen atoms in total. The first-order chi connectivity index (χ1) is 19.1. The molecule has 1 aliphatic rings. The molecule has 2 aromatic carbocycles. The van der Waals surface area contributed by atoms with E-state index in [4.69, 9.17) is 47.5 Å². The molecule has 2 aromatic heterocycles. The van der Waals surface area contributed by atoms with E-state index in [1.807, 2.05) is 6.92 Å². The first kappa shape index (κ1) is 27.9. The minimum atomic E-state index is -0.880. The van der Waals surface area contributed by atoms with E-state index in [9.17, 15) is 9.18 Å². The number of rotatable bonds is 11. The number of benzene rings is 2. The molecule has 2 heterocycles. The Morgan fingerprint density at radius 1 is 1.23 bits per heavy atom. The van der Waals surface area contributed by atoms with Crippen LogP contribution in [0.5, 0.6) is 17.4 Å². The highest BCUT2D eigenvalue weighted by Crippen LogP contribution is 2.42. The first-order valence-electron chi connectivity index (χ1n) is 12.7. The third kappa shape index (κ3) is 5.78. The number of methoxy groups -OCH3 is 1. The Bertz CT molecular complexity index is 1590. The molecule has 0 spiro atoms. The summed E-state index contributed by atoms with van der Waals surface area (Å²) in [6.07, 6.45) is 3.56. The van der Waals surface area contributed by atoms with Gasteiger partial charge >= 0.3 is 5.97 Å². The quantitative estimate of drug-likeness (QED) is 0.214. The molecule has 0 saturated heterocycles. The topological polar surface area (TPSA) is 109 Å². The van der Waals surface area contributed by atoms with Crippen molar-refractivity contribution in [3.63, 3.8) is 0 Å². The molecule has 0 aliphatic heterocycles. The van der Waals surface area contributed by atoms with Crippen molar-refractivity contribution >= 4 is 40.3 Å². The standard InChI is InChI=1S/C28H27Cl2FN4O5/c1-15(27(36)37)6-9-39-18-4-5-19(20(30)12-18)24-34-22-25(32-14-33-26(22)40-28(2)7-8-28)35(24)13-16-10-17(29)11-21(31)23(16)38-3/h4-5,10-12,14-15H,6-9,13H2,1-3H3,(H,36,37)/t15-/m1/s1. The molecule has 5 rings (SSSR count). The van der Waals surface area contributed by atoms with Gasteiger partial charge in [-0.1, -0.05) is 30.1 Å². The molecule has 1 fully saturated rings. The summed E-state index contributed by atoms with van der Waals surface area (Å²) in [5, 5.41) is 9.65. The van der Waals surface area contributed by atoms with E-state index >= 15 is 0 Å². The zero-order chi connectivity index (χ0) is 28.6. The largest absolute Gasteiger partial charge is 0.494 e. The predicted octanol–water partition coefficient (Wildman–Crippen LogP) is 6.42. The maximum atomic E-state index is 14.7. The van der Waals surface area contributed by atoms with Crippen LogP contribution in [0.2, 0.25) is 10.0 Å². The normalized spacial score (nSPS) is 14.7. The molecule has 1 aliphatic carbocycles. The minimum Gasteiger partial charge on any atom is -0.494 e. The van der Waals surface area contributed by atoms with Gasteiger partial charge in [-0.2, -0.15) is 4.98 Å². The van der Waals surface area contributed by atoms with Crippen molar-refractivity contribution in [3.05, 3.63) is 58.1 Å². The number of aliphatic carboxylic acids is 1. The summed E-state index contributed by atoms with van der Waals surface area (Å²) in [6.45, 7) is 3.96. The van der Waals surface area contributed by atoms with Crippen LogP contribution in [0.25, 0.3) is 22.6 Å². The summed E-state index contributed by atoms with van der Waals surface area (Å²) in [6, 6.07) is 7.93. The second kappa shape index (κ2) is 11.1. The van der Waals surface area contributed by atoms with Crippen LogP contribution < -0.4 is 14.2 Å². The minimum absolute atomic E-state index is 0.0543. The van der Waals surface area contributed by atoms with Crippen LogP contribution in [-0.2, 0) is 11.3 Å². The highest BCUT2D eigenvalue weighted by molar-refractivity contribution is 6.33. The number of hydrogen-bond acceptors (Lipinski definition) is 7. The Morgan fingerprint density at radius 3 is 2.67 bits per heavy atom. The second-order valence-corrected chi connectivity index (χ2v) is 10.9. The van der Waals surface area contributed by atoms with Crippen LogP contribution in [0, 0.1) is 11.7 Å². The van der Waals surface area contributed by atoms with E-state index in [0.717, 1.165) is 12.8 Å². The van der Waals surface area contributed by atoms with Gasteiger partial charge in [0.1, 0.15) is 23.5 Å². The van der Waals surface area contributed by atoms with Crippen LogP contribution in [0.1, 0.15) is 38.7 Å². The van der Waals surface area contributed by atoms with Crippen molar-refractivity contribution in [2.45, 2.75) is 45.3 Å². The highest BCUT2D eigenvalue weighted by atomic mass is 35.5. The van der Waals surface area contributed by atoms with Crippen molar-refractivity contribution in [2.75, 3.05) is 13.7 Å². The summed E-state index contributed by atoms with van der Waals surface area (Å²) in [5.41, 5.74) is 1.64. The maximum absolute atomic E-state index is 14.7. The lowest BCUT2D eigenvalue weighted by atomic mass is 10.1. The first-order valence-corrected chi connectivity index (χ1v) is 13.4. The van der Waals surface area contributed by atoms with Gasteiger partial charge in [0.05, 0.1) is 31.2 Å². The predicted molar refractivity (Wildman–Crippen MR) is 148 cm³/mol. The lowest BCUT2D eigenvalue weighted by molar-refractivity contribution is -0.141. The smallest absolute Gasteiger partial charge is 0.306 e. The molecule has 0 bridgehead atoms. The molecule has 40 heavy (non-hydrogen) atoms. The molecule has 1 N–H and O–H groups in total. The van der Waals surface area contributed by atoms with E-state index in [2.05, 4.69) is 9.97 Å². The Labute approximate surface area is 239 Å². The van der Waals surface area contributed by atoms with Crippen molar-refractivity contribution in [1.29, 1.82) is 0 Å². The van der Waals surface area contributed by atoms with Crippen molar-refractivity contribution < 1.29 is 28.5 Å². The molecule has 1 atom stereocenters. The summed E-state index contributed by atoms with van der Waals surface area (Å²) in [4.78, 5) is 24.7. The van der Waals surface area contributed by atoms with Crippen LogP contribution in [-0.4, -0.2) is 49.9 Å². The summed E-state index contributed by atoms with van der Waals surface area (Å²) in [7, 11) is 1.39. The zero-order valence-electron chi connectivity index (χ0n) is 22.1. The molecule has 0 radical (unpaired) electrons. The zero-order valence-corrected chi connectivity index (χ0v) is 23.6. The van der Waals surface area contributed by atoms with Crippen molar-refractivity contribution in [1.82, 2.24) is 19.5 Å². The van der Waals surface area contributed by atoms with Gasteiger partial charge in [-0.15, -0.1) is 0 Å². The lowest BCUT2D eigenvalue weighted by Gasteiger charge is -2.15. The lowest BCUT2D eigenvalue weighted by Crippen LogP contribution is -2.13. The van der Waals surface area contributed by atoms with Gasteiger partial charge < -0.3 is 23.9 Å². The third-order valence-electron chi connectivity index (χ3n) is 6.84. The number of aromatic nitrogens is 4. The number of hydrogen-bond donors (Lipinski definition) is 1. The van der Waals surface area contributed by atoms with E-state index < -0.39 is 17.7 Å². The number of carbonyl (C=O) groups is 1. The number of carboxylic acids is 1. The molecule has 12 heteroatoms. The molecule has 4 aromatic rings. The monoisotopic (exact) mass is 588 g/mol. The highest BCUT2D eigenvalue weighted by Gasteiger charge is 2.41. The van der Waals surface area contributed by atoms with Gasteiger partial charge in [-0.25, -0.2) is 14.4 Å². The average molecular weight is 589 g/mol. The number of ether oxygens (including phenoxy) is 3. The Morgan fingerprint density at radius 2 is 2.00 bits per heavy atom. The summed E-state index contributed by atoms with van der Waals surface area (Å²) >= 11 is 12.9. The molecule has 0 unspecified atom stereocenters. The Balaban J connectivity index is 1.57.